The van der Waals surface area contributed by atoms with E-state index in [4.69, 9.17) is 4.74 Å². The van der Waals surface area contributed by atoms with Crippen LogP contribution in [0.15, 0.2) is 54.1 Å². The molecule has 0 radical (unpaired) electrons. The van der Waals surface area contributed by atoms with Gasteiger partial charge in [0.2, 0.25) is 0 Å². The van der Waals surface area contributed by atoms with Crippen LogP contribution in [0, 0.1) is 0 Å². The molecule has 2 aromatic carbocycles. The zero-order valence-corrected chi connectivity index (χ0v) is 10.2. The fraction of sp³-hybridized carbons (Fsp3) is 0.188. The maximum atomic E-state index is 11.2. The average molecular weight is 238 g/mol. The van der Waals surface area contributed by atoms with Crippen molar-refractivity contribution in [2.45, 2.75) is 19.4 Å². The third-order valence-electron chi connectivity index (χ3n) is 3.39. The first-order valence-electron chi connectivity index (χ1n) is 6.12. The summed E-state index contributed by atoms with van der Waals surface area (Å²) in [6.07, 6.45) is 2.29. The number of hydrogen-bond donors (Lipinski definition) is 0. The minimum Gasteiger partial charge on any atom is -0.455 e. The van der Waals surface area contributed by atoms with E-state index in [9.17, 15) is 4.79 Å². The summed E-state index contributed by atoms with van der Waals surface area (Å²) in [5.41, 5.74) is 2.29. The quantitative estimate of drug-likeness (QED) is 0.751. The van der Waals surface area contributed by atoms with Gasteiger partial charge in [0.25, 0.3) is 0 Å². The zero-order valence-electron chi connectivity index (χ0n) is 10.2. The Balaban J connectivity index is 2.01. The predicted octanol–water partition coefficient (Wildman–Crippen LogP) is 3.25. The number of fused-ring (bicyclic) bond motifs is 1. The molecular formula is C16H14O2. The molecule has 90 valence electrons. The predicted molar refractivity (Wildman–Crippen MR) is 71.3 cm³/mol. The molecule has 0 saturated heterocycles. The highest BCUT2D eigenvalue weighted by atomic mass is 16.5. The van der Waals surface area contributed by atoms with Crippen molar-refractivity contribution in [3.8, 4) is 0 Å². The molecule has 0 bridgehead atoms. The van der Waals surface area contributed by atoms with Gasteiger partial charge in [-0.1, -0.05) is 42.5 Å². The molecule has 1 heterocycles. The highest BCUT2D eigenvalue weighted by Gasteiger charge is 2.21. The molecule has 0 saturated carbocycles. The van der Waals surface area contributed by atoms with Crippen LogP contribution in [0.3, 0.4) is 0 Å². The number of hydrogen-bond acceptors (Lipinski definition) is 2. The maximum Gasteiger partial charge on any atom is 0.331 e. The summed E-state index contributed by atoms with van der Waals surface area (Å²) in [6.45, 7) is 1.92. The Hall–Kier alpha value is -2.09. The van der Waals surface area contributed by atoms with Crippen molar-refractivity contribution in [2.75, 3.05) is 0 Å². The van der Waals surface area contributed by atoms with Crippen molar-refractivity contribution >= 4 is 16.7 Å². The van der Waals surface area contributed by atoms with Gasteiger partial charge in [0.15, 0.2) is 0 Å². The first-order valence-corrected chi connectivity index (χ1v) is 6.12. The molecule has 2 heteroatoms. The van der Waals surface area contributed by atoms with E-state index >= 15 is 0 Å². The van der Waals surface area contributed by atoms with Crippen LogP contribution in [0.5, 0.6) is 0 Å². The summed E-state index contributed by atoms with van der Waals surface area (Å²) in [5, 5.41) is 2.47. The second-order valence-corrected chi connectivity index (χ2v) is 4.61. The molecule has 0 aliphatic carbocycles. The number of carbonyl (C=O) groups excluding carboxylic acids is 1. The van der Waals surface area contributed by atoms with Gasteiger partial charge in [-0.05, 0) is 35.3 Å². The molecule has 0 fully saturated rings. The van der Waals surface area contributed by atoms with E-state index in [2.05, 4.69) is 30.3 Å². The van der Waals surface area contributed by atoms with E-state index in [1.807, 2.05) is 19.1 Å². The largest absolute Gasteiger partial charge is 0.455 e. The molecule has 1 unspecified atom stereocenters. The topological polar surface area (TPSA) is 26.3 Å². The molecule has 2 nitrogen and oxygen atoms in total. The number of ether oxygens (including phenoxy) is 1. The molecule has 3 rings (SSSR count). The van der Waals surface area contributed by atoms with E-state index in [1.54, 1.807) is 6.08 Å². The van der Waals surface area contributed by atoms with Crippen LogP contribution in [-0.2, 0) is 16.0 Å². The van der Waals surface area contributed by atoms with Crippen molar-refractivity contribution in [1.29, 1.82) is 0 Å². The second-order valence-electron chi connectivity index (χ2n) is 4.61. The highest BCUT2D eigenvalue weighted by molar-refractivity contribution is 5.88. The molecular weight excluding hydrogens is 224 g/mol. The van der Waals surface area contributed by atoms with Gasteiger partial charge in [0.1, 0.15) is 6.10 Å². The molecule has 2 aromatic rings. The third kappa shape index (κ3) is 1.90. The Bertz CT molecular complexity index is 635. The van der Waals surface area contributed by atoms with Gasteiger partial charge in [-0.2, -0.15) is 0 Å². The van der Waals surface area contributed by atoms with E-state index in [1.165, 1.54) is 16.3 Å². The Morgan fingerprint density at radius 3 is 2.67 bits per heavy atom. The molecule has 0 amide bonds. The lowest BCUT2D eigenvalue weighted by molar-refractivity contribution is -0.138. The number of esters is 1. The SMILES string of the molecule is CC1OC(=O)C=C1Cc1cccc2ccccc12. The van der Waals surface area contributed by atoms with Crippen LogP contribution < -0.4 is 0 Å². The summed E-state index contributed by atoms with van der Waals surface area (Å²) >= 11 is 0. The van der Waals surface area contributed by atoms with E-state index < -0.39 is 0 Å². The number of cyclic esters (lactones) is 1. The lowest BCUT2D eigenvalue weighted by atomic mass is 9.97. The number of rotatable bonds is 2. The fourth-order valence-corrected chi connectivity index (χ4v) is 2.41. The lowest BCUT2D eigenvalue weighted by Gasteiger charge is -2.10. The van der Waals surface area contributed by atoms with E-state index in [0.717, 1.165) is 12.0 Å². The lowest BCUT2D eigenvalue weighted by Crippen LogP contribution is -2.07. The van der Waals surface area contributed by atoms with Gasteiger partial charge in [-0.3, -0.25) is 0 Å². The Kier molecular flexibility index (Phi) is 2.63. The summed E-state index contributed by atoms with van der Waals surface area (Å²) in [5.74, 6) is -0.224. The average Bonchev–Trinajstić information content (AvgIpc) is 2.68. The molecule has 18 heavy (non-hydrogen) atoms. The van der Waals surface area contributed by atoms with Gasteiger partial charge in [0.05, 0.1) is 0 Å². The third-order valence-corrected chi connectivity index (χ3v) is 3.39. The molecule has 1 aliphatic heterocycles. The smallest absolute Gasteiger partial charge is 0.331 e. The van der Waals surface area contributed by atoms with Crippen molar-refractivity contribution in [2.24, 2.45) is 0 Å². The van der Waals surface area contributed by atoms with Gasteiger partial charge in [0, 0.05) is 6.08 Å². The van der Waals surface area contributed by atoms with Crippen LogP contribution in [-0.4, -0.2) is 12.1 Å². The van der Waals surface area contributed by atoms with Crippen LogP contribution in [0.25, 0.3) is 10.8 Å². The summed E-state index contributed by atoms with van der Waals surface area (Å²) in [6, 6.07) is 14.6. The van der Waals surface area contributed by atoms with Gasteiger partial charge < -0.3 is 4.74 Å². The van der Waals surface area contributed by atoms with Crippen molar-refractivity contribution < 1.29 is 9.53 Å². The van der Waals surface area contributed by atoms with Crippen molar-refractivity contribution in [1.82, 2.24) is 0 Å². The molecule has 0 aromatic heterocycles. The normalized spacial score (nSPS) is 18.8. The van der Waals surface area contributed by atoms with Gasteiger partial charge >= 0.3 is 5.97 Å². The Morgan fingerprint density at radius 1 is 1.11 bits per heavy atom. The molecule has 0 N–H and O–H groups in total. The van der Waals surface area contributed by atoms with Crippen LogP contribution in [0.2, 0.25) is 0 Å². The highest BCUT2D eigenvalue weighted by Crippen LogP contribution is 2.25. The monoisotopic (exact) mass is 238 g/mol. The molecule has 1 aliphatic rings. The standard InChI is InChI=1S/C16H14O2/c1-11-14(10-16(17)18-11)9-13-7-4-6-12-5-2-3-8-15(12)13/h2-8,10-11H,9H2,1H3. The maximum absolute atomic E-state index is 11.2. The second kappa shape index (κ2) is 4.30. The molecule has 0 spiro atoms. The number of carbonyl (C=O) groups is 1. The first kappa shape index (κ1) is 11.0. The molecule has 1 atom stereocenters. The summed E-state index contributed by atoms with van der Waals surface area (Å²) in [7, 11) is 0. The minimum atomic E-state index is -0.224. The Labute approximate surface area is 106 Å². The fourth-order valence-electron chi connectivity index (χ4n) is 2.41. The zero-order chi connectivity index (χ0) is 12.5. The Morgan fingerprint density at radius 2 is 1.89 bits per heavy atom. The minimum absolute atomic E-state index is 0.100. The van der Waals surface area contributed by atoms with Crippen molar-refractivity contribution in [3.63, 3.8) is 0 Å². The van der Waals surface area contributed by atoms with Crippen LogP contribution >= 0.6 is 0 Å². The van der Waals surface area contributed by atoms with Gasteiger partial charge in [-0.15, -0.1) is 0 Å². The summed E-state index contributed by atoms with van der Waals surface area (Å²) in [4.78, 5) is 11.2. The van der Waals surface area contributed by atoms with Crippen molar-refractivity contribution in [3.05, 3.63) is 59.7 Å². The van der Waals surface area contributed by atoms with E-state index in [-0.39, 0.29) is 12.1 Å². The van der Waals surface area contributed by atoms with Gasteiger partial charge in [-0.25, -0.2) is 4.79 Å². The number of benzene rings is 2. The van der Waals surface area contributed by atoms with Crippen LogP contribution in [0.1, 0.15) is 12.5 Å². The van der Waals surface area contributed by atoms with Crippen LogP contribution in [0.4, 0.5) is 0 Å². The summed E-state index contributed by atoms with van der Waals surface area (Å²) < 4.78 is 5.13. The first-order chi connectivity index (χ1) is 8.74. The van der Waals surface area contributed by atoms with E-state index in [0.29, 0.717) is 0 Å².